The zero-order valence-corrected chi connectivity index (χ0v) is 9.83. The van der Waals surface area contributed by atoms with Crippen LogP contribution < -0.4 is 5.32 Å². The van der Waals surface area contributed by atoms with Crippen LogP contribution in [-0.4, -0.2) is 42.3 Å². The quantitative estimate of drug-likeness (QED) is 0.826. The topological polar surface area (TPSA) is 88.8 Å². The van der Waals surface area contributed by atoms with Crippen molar-refractivity contribution in [2.24, 2.45) is 0 Å². The normalized spacial score (nSPS) is 12.4. The lowest BCUT2D eigenvalue weighted by molar-refractivity contribution is 0.208. The third kappa shape index (κ3) is 3.11. The van der Waals surface area contributed by atoms with Crippen molar-refractivity contribution in [3.8, 4) is 5.95 Å². The Morgan fingerprint density at radius 3 is 2.94 bits per heavy atom. The molecule has 2 N–H and O–H groups in total. The third-order valence-electron chi connectivity index (χ3n) is 1.89. The number of hydrogen-bond donors (Lipinski definition) is 2. The highest BCUT2D eigenvalue weighted by molar-refractivity contribution is 6.28. The maximum atomic E-state index is 9.15. The second-order valence-electron chi connectivity index (χ2n) is 3.43. The van der Waals surface area contributed by atoms with Crippen LogP contribution in [0.1, 0.15) is 6.92 Å². The van der Waals surface area contributed by atoms with Crippen LogP contribution in [0.2, 0.25) is 5.28 Å². The molecule has 0 aromatic carbocycles. The molecule has 0 aliphatic rings. The summed E-state index contributed by atoms with van der Waals surface area (Å²) in [4.78, 5) is 15.9. The van der Waals surface area contributed by atoms with Crippen molar-refractivity contribution >= 4 is 17.5 Å². The summed E-state index contributed by atoms with van der Waals surface area (Å²) < 4.78 is 1.61. The Labute approximate surface area is 103 Å². The van der Waals surface area contributed by atoms with Gasteiger partial charge in [-0.25, -0.2) is 4.98 Å². The van der Waals surface area contributed by atoms with Crippen molar-refractivity contribution in [2.45, 2.75) is 13.0 Å². The van der Waals surface area contributed by atoms with Gasteiger partial charge in [0.25, 0.3) is 0 Å². The van der Waals surface area contributed by atoms with E-state index in [1.54, 1.807) is 30.2 Å². The third-order valence-corrected chi connectivity index (χ3v) is 2.06. The molecular weight excluding hydrogens is 244 g/mol. The first-order valence-corrected chi connectivity index (χ1v) is 5.35. The molecule has 7 nitrogen and oxygen atoms in total. The van der Waals surface area contributed by atoms with Gasteiger partial charge >= 0.3 is 0 Å². The minimum atomic E-state index is -0.498. The molecule has 2 rings (SSSR count). The molecule has 0 saturated carbocycles. The summed E-state index contributed by atoms with van der Waals surface area (Å²) in [5, 5.41) is 12.1. The Bertz CT molecular complexity index is 486. The van der Waals surface area contributed by atoms with Crippen molar-refractivity contribution in [3.63, 3.8) is 0 Å². The summed E-state index contributed by atoms with van der Waals surface area (Å²) >= 11 is 5.78. The van der Waals surface area contributed by atoms with Crippen LogP contribution >= 0.6 is 11.6 Å². The molecule has 0 amide bonds. The van der Waals surface area contributed by atoms with Crippen molar-refractivity contribution in [2.75, 3.05) is 11.9 Å². The van der Waals surface area contributed by atoms with Crippen LogP contribution in [0.25, 0.3) is 5.95 Å². The molecule has 90 valence electrons. The number of aliphatic hydroxyl groups excluding tert-OH is 1. The molecule has 2 heterocycles. The summed E-state index contributed by atoms with van der Waals surface area (Å²) in [7, 11) is 0. The first-order valence-electron chi connectivity index (χ1n) is 4.97. The van der Waals surface area contributed by atoms with Crippen LogP contribution in [0.15, 0.2) is 18.7 Å². The second-order valence-corrected chi connectivity index (χ2v) is 3.77. The zero-order chi connectivity index (χ0) is 12.3. The van der Waals surface area contributed by atoms with Crippen molar-refractivity contribution in [1.29, 1.82) is 0 Å². The molecule has 1 atom stereocenters. The molecular formula is C9H11ClN6O. The summed E-state index contributed by atoms with van der Waals surface area (Å²) in [6, 6.07) is 0. The number of aromatic nitrogens is 5. The van der Waals surface area contributed by atoms with E-state index in [1.807, 2.05) is 0 Å². The number of nitrogens with one attached hydrogen (secondary N) is 1. The van der Waals surface area contributed by atoms with Gasteiger partial charge in [-0.05, 0) is 18.5 Å². The lowest BCUT2D eigenvalue weighted by Gasteiger charge is -2.08. The molecule has 0 bridgehead atoms. The molecule has 0 aliphatic heterocycles. The average Bonchev–Trinajstić information content (AvgIpc) is 2.79. The van der Waals surface area contributed by atoms with Crippen molar-refractivity contribution < 1.29 is 5.11 Å². The van der Waals surface area contributed by atoms with E-state index in [-0.39, 0.29) is 5.28 Å². The van der Waals surface area contributed by atoms with E-state index < -0.39 is 6.10 Å². The van der Waals surface area contributed by atoms with Gasteiger partial charge in [0.05, 0.1) is 6.10 Å². The molecule has 0 fully saturated rings. The van der Waals surface area contributed by atoms with Gasteiger partial charge in [0.15, 0.2) is 0 Å². The molecule has 0 radical (unpaired) electrons. The SMILES string of the molecule is CC(O)CNc1nc(Cl)nc(-n2ccnc2)n1. The van der Waals surface area contributed by atoms with Gasteiger partial charge in [-0.2, -0.15) is 15.0 Å². The molecule has 17 heavy (non-hydrogen) atoms. The van der Waals surface area contributed by atoms with Crippen LogP contribution in [0.5, 0.6) is 0 Å². The van der Waals surface area contributed by atoms with Crippen LogP contribution in [0.4, 0.5) is 5.95 Å². The average molecular weight is 255 g/mol. The van der Waals surface area contributed by atoms with Crippen LogP contribution in [0, 0.1) is 0 Å². The molecule has 0 aliphatic carbocycles. The van der Waals surface area contributed by atoms with Gasteiger partial charge in [0.2, 0.25) is 17.2 Å². The number of imidazole rings is 1. The van der Waals surface area contributed by atoms with Gasteiger partial charge in [0.1, 0.15) is 6.33 Å². The van der Waals surface area contributed by atoms with E-state index >= 15 is 0 Å². The van der Waals surface area contributed by atoms with E-state index in [0.29, 0.717) is 18.4 Å². The predicted molar refractivity (Wildman–Crippen MR) is 62.1 cm³/mol. The number of aliphatic hydroxyl groups is 1. The fourth-order valence-corrected chi connectivity index (χ4v) is 1.31. The minimum Gasteiger partial charge on any atom is -0.392 e. The van der Waals surface area contributed by atoms with Crippen molar-refractivity contribution in [3.05, 3.63) is 24.0 Å². The maximum Gasteiger partial charge on any atom is 0.241 e. The number of rotatable bonds is 4. The minimum absolute atomic E-state index is 0.0804. The van der Waals surface area contributed by atoms with E-state index in [9.17, 15) is 0 Å². The zero-order valence-electron chi connectivity index (χ0n) is 9.08. The Morgan fingerprint density at radius 1 is 1.47 bits per heavy atom. The summed E-state index contributed by atoms with van der Waals surface area (Å²) in [5.74, 6) is 0.685. The highest BCUT2D eigenvalue weighted by Gasteiger charge is 2.06. The van der Waals surface area contributed by atoms with E-state index in [1.165, 1.54) is 0 Å². The van der Waals surface area contributed by atoms with Gasteiger partial charge in [-0.15, -0.1) is 0 Å². The predicted octanol–water partition coefficient (Wildman–Crippen LogP) is 0.503. The molecule has 0 saturated heterocycles. The van der Waals surface area contributed by atoms with E-state index in [0.717, 1.165) is 0 Å². The smallest absolute Gasteiger partial charge is 0.241 e. The molecule has 0 spiro atoms. The number of halogens is 1. The Hall–Kier alpha value is -1.73. The second kappa shape index (κ2) is 5.07. The summed E-state index contributed by atoms with van der Waals surface area (Å²) in [6.45, 7) is 2.00. The first-order chi connectivity index (χ1) is 8.15. The highest BCUT2D eigenvalue weighted by atomic mass is 35.5. The van der Waals surface area contributed by atoms with Gasteiger partial charge in [-0.3, -0.25) is 4.57 Å². The highest BCUT2D eigenvalue weighted by Crippen LogP contribution is 2.09. The van der Waals surface area contributed by atoms with Crippen LogP contribution in [0.3, 0.4) is 0 Å². The molecule has 8 heteroatoms. The van der Waals surface area contributed by atoms with Crippen LogP contribution in [-0.2, 0) is 0 Å². The van der Waals surface area contributed by atoms with Gasteiger partial charge < -0.3 is 10.4 Å². The Kier molecular flexibility index (Phi) is 3.50. The van der Waals surface area contributed by atoms with E-state index in [2.05, 4.69) is 25.3 Å². The monoisotopic (exact) mass is 254 g/mol. The van der Waals surface area contributed by atoms with E-state index in [4.69, 9.17) is 16.7 Å². The first kappa shape index (κ1) is 11.7. The maximum absolute atomic E-state index is 9.15. The number of hydrogen-bond acceptors (Lipinski definition) is 6. The fourth-order valence-electron chi connectivity index (χ4n) is 1.15. The van der Waals surface area contributed by atoms with Gasteiger partial charge in [0, 0.05) is 18.9 Å². The number of anilines is 1. The largest absolute Gasteiger partial charge is 0.392 e. The summed E-state index contributed by atoms with van der Waals surface area (Å²) in [6.07, 6.45) is 4.37. The standard InChI is InChI=1S/C9H11ClN6O/c1-6(17)4-12-8-13-7(10)14-9(15-8)16-3-2-11-5-16/h2-3,5-6,17H,4H2,1H3,(H,12,13,14,15). The molecule has 2 aromatic heterocycles. The lowest BCUT2D eigenvalue weighted by atomic mass is 10.4. The van der Waals surface area contributed by atoms with Gasteiger partial charge in [-0.1, -0.05) is 0 Å². The Morgan fingerprint density at radius 2 is 2.29 bits per heavy atom. The summed E-state index contributed by atoms with van der Waals surface area (Å²) in [5.41, 5.74) is 0. The molecule has 1 unspecified atom stereocenters. The molecule has 2 aromatic rings. The Balaban J connectivity index is 2.24. The fraction of sp³-hybridized carbons (Fsp3) is 0.333. The van der Waals surface area contributed by atoms with Crippen molar-refractivity contribution in [1.82, 2.24) is 24.5 Å². The lowest BCUT2D eigenvalue weighted by Crippen LogP contribution is -2.17. The number of nitrogens with zero attached hydrogens (tertiary/aromatic N) is 5.